The molecule has 5 heterocycles. The molecule has 208 valence electrons. The summed E-state index contributed by atoms with van der Waals surface area (Å²) in [6.45, 7) is 0.961. The third kappa shape index (κ3) is 4.56. The standard InChI is InChI=1S/C26H30F3N7O3/c1-36-11-17(26(27,28)29)34-23(36)25-8-6-24(7-9-25,13-39-25)12-31-20-16(37-2)10-30-21(35-20)18-19(15-4-5-15)32-14-33-22(18)38-3/h10-11,14-15H,4-9,12-13H2,1-3H3,(H,30,31,35). The molecule has 3 aromatic heterocycles. The van der Waals surface area contributed by atoms with Crippen molar-refractivity contribution in [3.63, 3.8) is 0 Å². The zero-order chi connectivity index (χ0) is 27.4. The van der Waals surface area contributed by atoms with Crippen molar-refractivity contribution in [2.24, 2.45) is 12.5 Å². The lowest BCUT2D eigenvalue weighted by Gasteiger charge is -2.52. The summed E-state index contributed by atoms with van der Waals surface area (Å²) in [6.07, 6.45) is 4.50. The summed E-state index contributed by atoms with van der Waals surface area (Å²) in [7, 11) is 4.71. The molecule has 4 fully saturated rings. The lowest BCUT2D eigenvalue weighted by Crippen LogP contribution is -2.52. The van der Waals surface area contributed by atoms with E-state index in [4.69, 9.17) is 19.2 Å². The molecule has 4 aliphatic rings. The van der Waals surface area contributed by atoms with E-state index in [1.54, 1.807) is 27.5 Å². The van der Waals surface area contributed by atoms with E-state index in [1.165, 1.54) is 10.9 Å². The minimum atomic E-state index is -4.49. The highest BCUT2D eigenvalue weighted by Gasteiger charge is 2.53. The average Bonchev–Trinajstić information content (AvgIpc) is 3.72. The molecule has 0 radical (unpaired) electrons. The molecule has 0 amide bonds. The van der Waals surface area contributed by atoms with Crippen LogP contribution < -0.4 is 14.8 Å². The van der Waals surface area contributed by atoms with E-state index in [2.05, 4.69) is 25.3 Å². The van der Waals surface area contributed by atoms with Gasteiger partial charge in [-0.25, -0.2) is 24.9 Å². The maximum absolute atomic E-state index is 13.3. The zero-order valence-electron chi connectivity index (χ0n) is 22.0. The van der Waals surface area contributed by atoms with Crippen molar-refractivity contribution < 1.29 is 27.4 Å². The van der Waals surface area contributed by atoms with Crippen LogP contribution in [0, 0.1) is 5.41 Å². The number of alkyl halides is 3. The summed E-state index contributed by atoms with van der Waals surface area (Å²) in [5, 5.41) is 3.44. The molecule has 0 unspecified atom stereocenters. The molecular weight excluding hydrogens is 515 g/mol. The normalized spacial score (nSPS) is 24.6. The second kappa shape index (κ2) is 9.32. The Morgan fingerprint density at radius 3 is 2.44 bits per heavy atom. The molecule has 0 atom stereocenters. The van der Waals surface area contributed by atoms with Gasteiger partial charge < -0.3 is 24.1 Å². The van der Waals surface area contributed by atoms with Crippen LogP contribution in [0.25, 0.3) is 11.4 Å². The maximum Gasteiger partial charge on any atom is 0.434 e. The Hall–Kier alpha value is -3.48. The molecule has 1 N–H and O–H groups in total. The predicted octanol–water partition coefficient (Wildman–Crippen LogP) is 4.48. The zero-order valence-corrected chi connectivity index (χ0v) is 22.0. The Morgan fingerprint density at radius 2 is 1.85 bits per heavy atom. The van der Waals surface area contributed by atoms with Crippen LogP contribution in [0.15, 0.2) is 18.7 Å². The summed E-state index contributed by atoms with van der Waals surface area (Å²) < 4.78 is 58.6. The number of halogens is 3. The molecule has 2 saturated carbocycles. The number of rotatable bonds is 8. The summed E-state index contributed by atoms with van der Waals surface area (Å²) >= 11 is 0. The van der Waals surface area contributed by atoms with Gasteiger partial charge in [0.2, 0.25) is 5.88 Å². The van der Waals surface area contributed by atoms with Gasteiger partial charge in [-0.2, -0.15) is 13.2 Å². The topological polar surface area (TPSA) is 109 Å². The number of hydrogen-bond acceptors (Lipinski definition) is 9. The van der Waals surface area contributed by atoms with Gasteiger partial charge in [0.15, 0.2) is 23.1 Å². The summed E-state index contributed by atoms with van der Waals surface area (Å²) in [5.41, 5.74) is -0.322. The maximum atomic E-state index is 13.3. The van der Waals surface area contributed by atoms with Crippen molar-refractivity contribution in [2.45, 2.75) is 56.2 Å². The predicted molar refractivity (Wildman–Crippen MR) is 133 cm³/mol. The van der Waals surface area contributed by atoms with Crippen LogP contribution in [0.5, 0.6) is 11.6 Å². The quantitative estimate of drug-likeness (QED) is 0.438. The van der Waals surface area contributed by atoms with Crippen LogP contribution >= 0.6 is 0 Å². The fourth-order valence-electron chi connectivity index (χ4n) is 5.76. The van der Waals surface area contributed by atoms with E-state index in [0.717, 1.165) is 37.6 Å². The molecule has 2 aliphatic heterocycles. The second-order valence-corrected chi connectivity index (χ2v) is 10.7. The first kappa shape index (κ1) is 25.8. The van der Waals surface area contributed by atoms with Crippen molar-refractivity contribution in [1.29, 1.82) is 0 Å². The van der Waals surface area contributed by atoms with Gasteiger partial charge in [-0.3, -0.25) is 0 Å². The number of hydrogen-bond donors (Lipinski definition) is 1. The first-order valence-corrected chi connectivity index (χ1v) is 13.0. The fraction of sp³-hybridized carbons (Fsp3) is 0.577. The number of imidazole rings is 1. The van der Waals surface area contributed by atoms with Crippen LogP contribution in [-0.2, 0) is 23.6 Å². The minimum Gasteiger partial charge on any atom is -0.491 e. The smallest absolute Gasteiger partial charge is 0.434 e. The Labute approximate surface area is 223 Å². The molecular formula is C26H30F3N7O3. The van der Waals surface area contributed by atoms with Crippen LogP contribution in [-0.4, -0.2) is 56.9 Å². The number of nitrogens with zero attached hydrogens (tertiary/aromatic N) is 6. The Bertz CT molecular complexity index is 1370. The van der Waals surface area contributed by atoms with Crippen LogP contribution in [0.4, 0.5) is 19.0 Å². The number of nitrogens with one attached hydrogen (secondary N) is 1. The number of anilines is 1. The fourth-order valence-corrected chi connectivity index (χ4v) is 5.76. The van der Waals surface area contributed by atoms with E-state index in [9.17, 15) is 13.2 Å². The van der Waals surface area contributed by atoms with E-state index >= 15 is 0 Å². The molecule has 3 aromatic rings. The van der Waals surface area contributed by atoms with Crippen molar-refractivity contribution in [3.8, 4) is 23.0 Å². The van der Waals surface area contributed by atoms with Crippen molar-refractivity contribution in [2.75, 3.05) is 32.7 Å². The van der Waals surface area contributed by atoms with Crippen LogP contribution in [0.2, 0.25) is 0 Å². The Balaban J connectivity index is 1.21. The molecule has 7 rings (SSSR count). The van der Waals surface area contributed by atoms with Gasteiger partial charge in [0, 0.05) is 31.1 Å². The number of aromatic nitrogens is 6. The Morgan fingerprint density at radius 1 is 1.08 bits per heavy atom. The van der Waals surface area contributed by atoms with Gasteiger partial charge in [0.1, 0.15) is 23.3 Å². The highest BCUT2D eigenvalue weighted by Crippen LogP contribution is 2.53. The summed E-state index contributed by atoms with van der Waals surface area (Å²) in [5.74, 6) is 2.58. The van der Waals surface area contributed by atoms with Crippen molar-refractivity contribution in [3.05, 3.63) is 35.9 Å². The van der Waals surface area contributed by atoms with Crippen LogP contribution in [0.1, 0.15) is 61.7 Å². The minimum absolute atomic E-state index is 0.192. The number of methoxy groups -OCH3 is 2. The molecule has 0 aromatic carbocycles. The monoisotopic (exact) mass is 545 g/mol. The van der Waals surface area contributed by atoms with E-state index < -0.39 is 17.5 Å². The van der Waals surface area contributed by atoms with Gasteiger partial charge in [0.25, 0.3) is 0 Å². The first-order chi connectivity index (χ1) is 18.7. The Kier molecular flexibility index (Phi) is 6.16. The first-order valence-electron chi connectivity index (χ1n) is 13.0. The number of ether oxygens (including phenoxy) is 3. The van der Waals surface area contributed by atoms with Gasteiger partial charge in [-0.15, -0.1) is 0 Å². The third-order valence-electron chi connectivity index (χ3n) is 8.18. The number of fused-ring (bicyclic) bond motifs is 3. The highest BCUT2D eigenvalue weighted by atomic mass is 19.4. The van der Waals surface area contributed by atoms with Gasteiger partial charge in [-0.05, 0) is 38.5 Å². The lowest BCUT2D eigenvalue weighted by molar-refractivity contribution is -0.190. The highest BCUT2D eigenvalue weighted by molar-refractivity contribution is 5.68. The number of aryl methyl sites for hydroxylation is 1. The second-order valence-electron chi connectivity index (χ2n) is 10.7. The van der Waals surface area contributed by atoms with E-state index in [0.29, 0.717) is 66.6 Å². The van der Waals surface area contributed by atoms with Gasteiger partial charge in [-0.1, -0.05) is 0 Å². The SMILES string of the molecule is COc1cnc(-c2c(OC)ncnc2C2CC2)nc1NCC12CCC(c3nc(C(F)(F)F)cn3C)(CC1)OC2. The molecule has 0 spiro atoms. The molecule has 2 aliphatic carbocycles. The lowest BCUT2D eigenvalue weighted by atomic mass is 9.65. The summed E-state index contributed by atoms with van der Waals surface area (Å²) in [4.78, 5) is 22.0. The molecule has 39 heavy (non-hydrogen) atoms. The molecule has 10 nitrogen and oxygen atoms in total. The third-order valence-corrected chi connectivity index (χ3v) is 8.18. The van der Waals surface area contributed by atoms with Gasteiger partial charge in [0.05, 0.1) is 32.7 Å². The van der Waals surface area contributed by atoms with Crippen LogP contribution in [0.3, 0.4) is 0 Å². The largest absolute Gasteiger partial charge is 0.491 e. The van der Waals surface area contributed by atoms with Crippen molar-refractivity contribution in [1.82, 2.24) is 29.5 Å². The van der Waals surface area contributed by atoms with E-state index in [-0.39, 0.29) is 5.41 Å². The molecule has 13 heteroatoms. The molecule has 2 saturated heterocycles. The van der Waals surface area contributed by atoms with Crippen molar-refractivity contribution >= 4 is 5.82 Å². The molecule has 2 bridgehead atoms. The summed E-state index contributed by atoms with van der Waals surface area (Å²) in [6, 6.07) is 0. The average molecular weight is 546 g/mol. The van der Waals surface area contributed by atoms with E-state index in [1.807, 2.05) is 0 Å². The van der Waals surface area contributed by atoms with Gasteiger partial charge >= 0.3 is 6.18 Å².